The Morgan fingerprint density at radius 2 is 1.64 bits per heavy atom. The number of piperazine rings is 1. The van der Waals surface area contributed by atoms with Crippen LogP contribution in [0.1, 0.15) is 37.7 Å². The minimum absolute atomic E-state index is 0.0243. The van der Waals surface area contributed by atoms with Crippen molar-refractivity contribution in [1.29, 1.82) is 0 Å². The van der Waals surface area contributed by atoms with E-state index in [2.05, 4.69) is 4.90 Å². The van der Waals surface area contributed by atoms with Gasteiger partial charge in [-0.15, -0.1) is 0 Å². The summed E-state index contributed by atoms with van der Waals surface area (Å²) in [4.78, 5) is 16.2. The molecule has 1 heterocycles. The van der Waals surface area contributed by atoms with E-state index in [9.17, 15) is 26.4 Å². The molecule has 0 aromatic heterocycles. The fourth-order valence-corrected chi connectivity index (χ4v) is 5.70. The molecule has 0 atom stereocenters. The summed E-state index contributed by atoms with van der Waals surface area (Å²) < 4.78 is 71.1. The maximum absolute atomic E-state index is 12.9. The number of halogens is 3. The van der Waals surface area contributed by atoms with Crippen molar-refractivity contribution in [3.05, 3.63) is 29.8 Å². The topological polar surface area (TPSA) is 70.2 Å². The summed E-state index contributed by atoms with van der Waals surface area (Å²) in [5, 5.41) is 0. The second kappa shape index (κ2) is 10.7. The summed E-state index contributed by atoms with van der Waals surface area (Å²) in [5.74, 6) is 0.0964. The van der Waals surface area contributed by atoms with Crippen LogP contribution in [0.25, 0.3) is 0 Å². The molecule has 1 saturated heterocycles. The van der Waals surface area contributed by atoms with Crippen LogP contribution < -0.4 is 0 Å². The van der Waals surface area contributed by atoms with Gasteiger partial charge in [-0.1, -0.05) is 0 Å². The highest BCUT2D eigenvalue weighted by Gasteiger charge is 2.34. The highest BCUT2D eigenvalue weighted by Crippen LogP contribution is 2.32. The molecule has 0 unspecified atom stereocenters. The first-order chi connectivity index (χ1) is 15.5. The van der Waals surface area contributed by atoms with E-state index >= 15 is 0 Å². The van der Waals surface area contributed by atoms with Crippen LogP contribution >= 0.6 is 0 Å². The highest BCUT2D eigenvalue weighted by atomic mass is 32.2. The van der Waals surface area contributed by atoms with Gasteiger partial charge in [-0.3, -0.25) is 4.79 Å². The molecule has 1 amide bonds. The first-order valence-corrected chi connectivity index (χ1v) is 12.7. The Balaban J connectivity index is 1.44. The molecule has 2 aliphatic rings. The van der Waals surface area contributed by atoms with Gasteiger partial charge in [-0.2, -0.15) is 17.5 Å². The van der Waals surface area contributed by atoms with Gasteiger partial charge in [-0.05, 0) is 57.0 Å². The molecule has 3 rings (SSSR count). The number of sulfonamides is 1. The number of hydrogen-bond donors (Lipinski definition) is 0. The quantitative estimate of drug-likeness (QED) is 0.587. The highest BCUT2D eigenvalue weighted by molar-refractivity contribution is 7.89. The smallest absolute Gasteiger partial charge is 0.378 e. The minimum atomic E-state index is -4.51. The molecule has 0 bridgehead atoms. The third-order valence-electron chi connectivity index (χ3n) is 6.54. The minimum Gasteiger partial charge on any atom is -0.378 e. The Bertz CT molecular complexity index is 892. The maximum atomic E-state index is 12.9. The van der Waals surface area contributed by atoms with E-state index in [0.29, 0.717) is 38.7 Å². The Morgan fingerprint density at radius 3 is 2.18 bits per heavy atom. The summed E-state index contributed by atoms with van der Waals surface area (Å²) in [6.45, 7) is 3.57. The lowest BCUT2D eigenvalue weighted by molar-refractivity contribution is -0.137. The lowest BCUT2D eigenvalue weighted by Gasteiger charge is -2.34. The zero-order valence-electron chi connectivity index (χ0n) is 19.1. The fraction of sp³-hybridized carbons (Fsp3) is 0.682. The molecule has 0 radical (unpaired) electrons. The molecule has 0 N–H and O–H groups in total. The summed E-state index contributed by atoms with van der Waals surface area (Å²) >= 11 is 0. The first kappa shape index (κ1) is 25.9. The fourth-order valence-electron chi connectivity index (χ4n) is 4.28. The van der Waals surface area contributed by atoms with Crippen LogP contribution in [0.4, 0.5) is 13.2 Å². The van der Waals surface area contributed by atoms with Gasteiger partial charge in [0.25, 0.3) is 0 Å². The van der Waals surface area contributed by atoms with Gasteiger partial charge < -0.3 is 14.5 Å². The number of carbonyl (C=O) groups excluding carboxylic acids is 1. The lowest BCUT2D eigenvalue weighted by atomic mass is 9.93. The number of carbonyl (C=O) groups is 1. The first-order valence-electron chi connectivity index (χ1n) is 11.2. The molecule has 1 aromatic carbocycles. The summed E-state index contributed by atoms with van der Waals surface area (Å²) in [7, 11) is -0.390. The second-order valence-corrected chi connectivity index (χ2v) is 10.8. The molecule has 33 heavy (non-hydrogen) atoms. The molecule has 1 aliphatic heterocycles. The molecular formula is C22H32F3N3O4S. The van der Waals surface area contributed by atoms with E-state index in [4.69, 9.17) is 4.74 Å². The van der Waals surface area contributed by atoms with Gasteiger partial charge in [0.15, 0.2) is 0 Å². The Hall–Kier alpha value is -1.69. The number of ether oxygens (including phenoxy) is 1. The van der Waals surface area contributed by atoms with Gasteiger partial charge >= 0.3 is 6.18 Å². The molecule has 11 heteroatoms. The molecule has 7 nitrogen and oxygen atoms in total. The van der Waals surface area contributed by atoms with Crippen LogP contribution in [-0.2, 0) is 25.7 Å². The van der Waals surface area contributed by atoms with Gasteiger partial charge in [0.05, 0.1) is 29.6 Å². The SMILES string of the molecule is CN1CCN(C(=O)CCOC2CCC(N(C)S(=O)(=O)c3ccc(C(F)(F)F)cc3)CC2)CC1. The predicted molar refractivity (Wildman–Crippen MR) is 117 cm³/mol. The number of amides is 1. The normalized spacial score (nSPS) is 23.2. The predicted octanol–water partition coefficient (Wildman–Crippen LogP) is 2.82. The van der Waals surface area contributed by atoms with E-state index in [0.717, 1.165) is 50.4 Å². The number of likely N-dealkylation sites (N-methyl/N-ethyl adjacent to an activating group) is 1. The maximum Gasteiger partial charge on any atom is 0.416 e. The van der Waals surface area contributed by atoms with Crippen molar-refractivity contribution in [1.82, 2.24) is 14.1 Å². The van der Waals surface area contributed by atoms with Crippen LogP contribution in [0.2, 0.25) is 0 Å². The van der Waals surface area contributed by atoms with Crippen molar-refractivity contribution < 1.29 is 31.1 Å². The van der Waals surface area contributed by atoms with E-state index in [1.807, 2.05) is 11.9 Å². The number of alkyl halides is 3. The van der Waals surface area contributed by atoms with Crippen molar-refractivity contribution >= 4 is 15.9 Å². The van der Waals surface area contributed by atoms with Gasteiger partial charge in [0.2, 0.25) is 15.9 Å². The third-order valence-corrected chi connectivity index (χ3v) is 8.47. The van der Waals surface area contributed by atoms with Crippen LogP contribution in [0.3, 0.4) is 0 Å². The van der Waals surface area contributed by atoms with Crippen LogP contribution in [0.5, 0.6) is 0 Å². The van der Waals surface area contributed by atoms with Crippen molar-refractivity contribution in [2.45, 2.75) is 55.3 Å². The molecule has 1 aromatic rings. The Morgan fingerprint density at radius 1 is 1.06 bits per heavy atom. The monoisotopic (exact) mass is 491 g/mol. The molecule has 186 valence electrons. The van der Waals surface area contributed by atoms with Gasteiger partial charge in [0, 0.05) is 39.3 Å². The third kappa shape index (κ3) is 6.68. The van der Waals surface area contributed by atoms with E-state index in [1.165, 1.54) is 11.4 Å². The van der Waals surface area contributed by atoms with Crippen molar-refractivity contribution in [2.24, 2.45) is 0 Å². The van der Waals surface area contributed by atoms with Crippen LogP contribution in [-0.4, -0.2) is 87.5 Å². The summed E-state index contributed by atoms with van der Waals surface area (Å²) in [6.07, 6.45) is -1.68. The Kier molecular flexibility index (Phi) is 8.41. The standard InChI is InChI=1S/C22H32F3N3O4S/c1-26-12-14-28(15-13-26)21(29)11-16-32-19-7-5-18(6-8-19)27(2)33(30,31)20-9-3-17(4-10-20)22(23,24)25/h3-4,9-10,18-19H,5-8,11-16H2,1-2H3. The van der Waals surface area contributed by atoms with E-state index < -0.39 is 21.8 Å². The van der Waals surface area contributed by atoms with E-state index in [1.54, 1.807) is 0 Å². The van der Waals surface area contributed by atoms with E-state index in [-0.39, 0.29) is 22.9 Å². The average Bonchev–Trinajstić information content (AvgIpc) is 2.79. The molecule has 2 fully saturated rings. The van der Waals surface area contributed by atoms with Crippen molar-refractivity contribution in [3.63, 3.8) is 0 Å². The summed E-state index contributed by atoms with van der Waals surface area (Å²) in [5.41, 5.74) is -0.882. The largest absolute Gasteiger partial charge is 0.416 e. The van der Waals surface area contributed by atoms with Crippen molar-refractivity contribution in [2.75, 3.05) is 46.9 Å². The zero-order valence-corrected chi connectivity index (χ0v) is 19.9. The zero-order chi connectivity index (χ0) is 24.2. The molecule has 1 saturated carbocycles. The Labute approximate surface area is 193 Å². The average molecular weight is 492 g/mol. The summed E-state index contributed by atoms with van der Waals surface area (Å²) in [6, 6.07) is 3.33. The molecule has 1 aliphatic carbocycles. The van der Waals surface area contributed by atoms with Crippen molar-refractivity contribution in [3.8, 4) is 0 Å². The molecular weight excluding hydrogens is 459 g/mol. The van der Waals surface area contributed by atoms with Gasteiger partial charge in [0.1, 0.15) is 0 Å². The van der Waals surface area contributed by atoms with Crippen LogP contribution in [0.15, 0.2) is 29.2 Å². The van der Waals surface area contributed by atoms with Crippen LogP contribution in [0, 0.1) is 0 Å². The number of rotatable bonds is 7. The van der Waals surface area contributed by atoms with Gasteiger partial charge in [-0.25, -0.2) is 8.42 Å². The molecule has 0 spiro atoms. The number of hydrogen-bond acceptors (Lipinski definition) is 5. The second-order valence-electron chi connectivity index (χ2n) is 8.78. The lowest BCUT2D eigenvalue weighted by Crippen LogP contribution is -2.47. The number of nitrogens with zero attached hydrogens (tertiary/aromatic N) is 3. The number of benzene rings is 1.